The normalized spacial score (nSPS) is 13.1. The number of carbonyl (C=O) groups is 2. The Kier molecular flexibility index (Phi) is 4.85. The minimum atomic E-state index is -0.820. The number of fused-ring (bicyclic) bond motifs is 2. The van der Waals surface area contributed by atoms with Crippen molar-refractivity contribution < 1.29 is 30.0 Å². The summed E-state index contributed by atoms with van der Waals surface area (Å²) in [4.78, 5) is 25.6. The first-order valence-electron chi connectivity index (χ1n) is 8.38. The maximum absolute atomic E-state index is 12.9. The summed E-state index contributed by atoms with van der Waals surface area (Å²) < 4.78 is 0. The van der Waals surface area contributed by atoms with Crippen LogP contribution < -0.4 is 0 Å². The summed E-state index contributed by atoms with van der Waals surface area (Å²) in [6.07, 6.45) is 5.85. The zero-order valence-corrected chi connectivity index (χ0v) is 15.2. The van der Waals surface area contributed by atoms with E-state index >= 15 is 0 Å². The van der Waals surface area contributed by atoms with Crippen molar-refractivity contribution in [3.63, 3.8) is 0 Å². The second-order valence-electron chi connectivity index (χ2n) is 6.26. The molecule has 7 heteroatoms. The lowest BCUT2D eigenvalue weighted by Gasteiger charge is -2.21. The Hall–Kier alpha value is -2.99. The lowest BCUT2D eigenvalue weighted by Crippen LogP contribution is -2.21. The van der Waals surface area contributed by atoms with Crippen LogP contribution in [0.5, 0.6) is 23.0 Å². The third-order valence-corrected chi connectivity index (χ3v) is 4.86. The van der Waals surface area contributed by atoms with Crippen LogP contribution in [0.4, 0.5) is 0 Å². The molecule has 3 rings (SSSR count). The molecule has 2 aromatic carbocycles. The summed E-state index contributed by atoms with van der Waals surface area (Å²) in [7, 11) is 0. The highest BCUT2D eigenvalue weighted by Gasteiger charge is 2.37. The van der Waals surface area contributed by atoms with E-state index in [9.17, 15) is 30.0 Å². The van der Waals surface area contributed by atoms with Crippen LogP contribution in [-0.4, -0.2) is 32.0 Å². The lowest BCUT2D eigenvalue weighted by molar-refractivity contribution is 0.0973. The summed E-state index contributed by atoms with van der Waals surface area (Å²) in [6, 6.07) is 2.08. The van der Waals surface area contributed by atoms with Crippen molar-refractivity contribution in [2.24, 2.45) is 0 Å². The van der Waals surface area contributed by atoms with Gasteiger partial charge in [-0.2, -0.15) is 0 Å². The predicted molar refractivity (Wildman–Crippen MR) is 100.0 cm³/mol. The minimum Gasteiger partial charge on any atom is -0.507 e. The van der Waals surface area contributed by atoms with Crippen molar-refractivity contribution in [1.82, 2.24) is 0 Å². The second kappa shape index (κ2) is 6.96. The number of rotatable bonds is 4. The Morgan fingerprint density at radius 1 is 0.926 bits per heavy atom. The molecule has 0 radical (unpaired) electrons. The van der Waals surface area contributed by atoms with Gasteiger partial charge in [0.15, 0.2) is 5.78 Å². The van der Waals surface area contributed by atoms with E-state index in [1.807, 2.05) is 6.92 Å². The van der Waals surface area contributed by atoms with Gasteiger partial charge in [-0.15, -0.1) is 0 Å². The number of allylic oxidation sites excluding steroid dienone is 1. The third kappa shape index (κ3) is 2.92. The molecule has 0 saturated carbocycles. The van der Waals surface area contributed by atoms with E-state index in [0.717, 1.165) is 31.4 Å². The van der Waals surface area contributed by atoms with E-state index in [4.69, 9.17) is 11.6 Å². The van der Waals surface area contributed by atoms with Crippen LogP contribution in [0.15, 0.2) is 18.2 Å². The Balaban J connectivity index is 2.21. The molecule has 0 aromatic heterocycles. The number of phenolic OH excluding ortho intramolecular Hbond substituents is 4. The molecule has 140 valence electrons. The molecule has 2 aromatic rings. The number of unbranched alkanes of at least 4 members (excludes halogenated alkanes) is 2. The van der Waals surface area contributed by atoms with Crippen molar-refractivity contribution in [3.05, 3.63) is 51.0 Å². The SMILES string of the molecule is CCCCC=Cc1c(O)cc2c(c1O)C(=O)c1c(cc(O)c(Cl)c1O)C2=O. The zero-order valence-electron chi connectivity index (χ0n) is 14.4. The second-order valence-corrected chi connectivity index (χ2v) is 6.64. The van der Waals surface area contributed by atoms with E-state index in [-0.39, 0.29) is 28.0 Å². The van der Waals surface area contributed by atoms with Crippen molar-refractivity contribution in [2.45, 2.75) is 26.2 Å². The third-order valence-electron chi connectivity index (χ3n) is 4.49. The Labute approximate surface area is 160 Å². The average Bonchev–Trinajstić information content (AvgIpc) is 2.62. The zero-order chi connectivity index (χ0) is 19.9. The number of aromatic hydroxyl groups is 4. The fraction of sp³-hybridized carbons (Fsp3) is 0.200. The molecule has 6 nitrogen and oxygen atoms in total. The van der Waals surface area contributed by atoms with Crippen molar-refractivity contribution >= 4 is 29.2 Å². The molecule has 0 bridgehead atoms. The molecule has 1 aliphatic carbocycles. The number of ketones is 2. The summed E-state index contributed by atoms with van der Waals surface area (Å²) in [5.41, 5.74) is -1.17. The van der Waals surface area contributed by atoms with E-state index in [0.29, 0.717) is 0 Å². The van der Waals surface area contributed by atoms with Gasteiger partial charge in [0, 0.05) is 11.1 Å². The number of benzene rings is 2. The van der Waals surface area contributed by atoms with Crippen LogP contribution in [-0.2, 0) is 0 Å². The molecule has 0 aliphatic heterocycles. The number of halogens is 1. The smallest absolute Gasteiger partial charge is 0.202 e. The molecule has 27 heavy (non-hydrogen) atoms. The van der Waals surface area contributed by atoms with Gasteiger partial charge < -0.3 is 20.4 Å². The first-order valence-corrected chi connectivity index (χ1v) is 8.76. The Morgan fingerprint density at radius 2 is 1.52 bits per heavy atom. The summed E-state index contributed by atoms with van der Waals surface area (Å²) in [5.74, 6) is -3.74. The van der Waals surface area contributed by atoms with Gasteiger partial charge >= 0.3 is 0 Å². The monoisotopic (exact) mass is 388 g/mol. The fourth-order valence-corrected chi connectivity index (χ4v) is 3.23. The van der Waals surface area contributed by atoms with Crippen LogP contribution in [0.3, 0.4) is 0 Å². The van der Waals surface area contributed by atoms with Gasteiger partial charge in [0.05, 0.1) is 16.7 Å². The molecular weight excluding hydrogens is 372 g/mol. The van der Waals surface area contributed by atoms with Gasteiger partial charge in [-0.3, -0.25) is 9.59 Å². The summed E-state index contributed by atoms with van der Waals surface area (Å²) >= 11 is 5.77. The van der Waals surface area contributed by atoms with Gasteiger partial charge in [-0.1, -0.05) is 43.5 Å². The van der Waals surface area contributed by atoms with Crippen molar-refractivity contribution in [3.8, 4) is 23.0 Å². The molecule has 0 heterocycles. The van der Waals surface area contributed by atoms with Crippen LogP contribution in [0, 0.1) is 0 Å². The molecule has 1 aliphatic rings. The molecule has 0 fully saturated rings. The summed E-state index contributed by atoms with van der Waals surface area (Å²) in [5, 5.41) is 40.2. The molecule has 0 unspecified atom stereocenters. The van der Waals surface area contributed by atoms with E-state index in [1.54, 1.807) is 6.08 Å². The largest absolute Gasteiger partial charge is 0.507 e. The van der Waals surface area contributed by atoms with Crippen LogP contribution in [0.25, 0.3) is 6.08 Å². The quantitative estimate of drug-likeness (QED) is 0.499. The van der Waals surface area contributed by atoms with Crippen LogP contribution in [0.2, 0.25) is 5.02 Å². The maximum Gasteiger partial charge on any atom is 0.202 e. The van der Waals surface area contributed by atoms with Crippen LogP contribution in [0.1, 0.15) is 63.6 Å². The highest BCUT2D eigenvalue weighted by Crippen LogP contribution is 2.46. The van der Waals surface area contributed by atoms with E-state index < -0.39 is 39.4 Å². The van der Waals surface area contributed by atoms with Crippen molar-refractivity contribution in [1.29, 1.82) is 0 Å². The number of phenols is 4. The molecule has 0 atom stereocenters. The Morgan fingerprint density at radius 3 is 2.15 bits per heavy atom. The molecule has 4 N–H and O–H groups in total. The molecule has 0 amide bonds. The topological polar surface area (TPSA) is 115 Å². The van der Waals surface area contributed by atoms with Crippen LogP contribution >= 0.6 is 11.6 Å². The number of hydrogen-bond acceptors (Lipinski definition) is 6. The van der Waals surface area contributed by atoms with E-state index in [1.165, 1.54) is 6.08 Å². The maximum atomic E-state index is 12.9. The highest BCUT2D eigenvalue weighted by molar-refractivity contribution is 6.37. The number of hydrogen-bond donors (Lipinski definition) is 4. The van der Waals surface area contributed by atoms with Gasteiger partial charge in [0.1, 0.15) is 28.0 Å². The first-order chi connectivity index (χ1) is 12.8. The highest BCUT2D eigenvalue weighted by atomic mass is 35.5. The van der Waals surface area contributed by atoms with Crippen molar-refractivity contribution in [2.75, 3.05) is 0 Å². The van der Waals surface area contributed by atoms with Gasteiger partial charge in [-0.05, 0) is 18.6 Å². The molecule has 0 spiro atoms. The molecular formula is C20H17ClO6. The lowest BCUT2D eigenvalue weighted by atomic mass is 9.81. The Bertz CT molecular complexity index is 1010. The number of carbonyl (C=O) groups excluding carboxylic acids is 2. The van der Waals surface area contributed by atoms with Gasteiger partial charge in [0.2, 0.25) is 5.78 Å². The molecule has 0 saturated heterocycles. The summed E-state index contributed by atoms with van der Waals surface area (Å²) in [6.45, 7) is 2.03. The minimum absolute atomic E-state index is 0.0128. The first kappa shape index (κ1) is 18.8. The predicted octanol–water partition coefficient (Wildman–Crippen LogP) is 4.14. The van der Waals surface area contributed by atoms with Gasteiger partial charge in [-0.25, -0.2) is 0 Å². The van der Waals surface area contributed by atoms with Gasteiger partial charge in [0.25, 0.3) is 0 Å². The van der Waals surface area contributed by atoms with E-state index in [2.05, 4.69) is 0 Å². The standard InChI is InChI=1S/C20H17ClO6/c1-2-3-4-5-6-9-12(22)7-10-14(18(9)25)19(26)15-11(17(10)24)8-13(23)16(21)20(15)27/h5-8,22-23,25,27H,2-4H2,1H3. The fourth-order valence-electron chi connectivity index (χ4n) is 3.08. The average molecular weight is 389 g/mol.